The average Bonchev–Trinajstić information content (AvgIpc) is 2.41. The molecule has 1 fully saturated rings. The highest BCUT2D eigenvalue weighted by molar-refractivity contribution is 5.89. The van der Waals surface area contributed by atoms with Gasteiger partial charge in [-0.1, -0.05) is 18.9 Å². The van der Waals surface area contributed by atoms with Crippen molar-refractivity contribution in [3.05, 3.63) is 29.8 Å². The lowest BCUT2D eigenvalue weighted by Gasteiger charge is -2.28. The van der Waals surface area contributed by atoms with E-state index in [-0.39, 0.29) is 12.1 Å². The number of nitriles is 1. The van der Waals surface area contributed by atoms with Crippen molar-refractivity contribution in [3.8, 4) is 6.07 Å². The Hall–Kier alpha value is -2.06. The maximum atomic E-state index is 11.8. The third-order valence-electron chi connectivity index (χ3n) is 3.30. The summed E-state index contributed by atoms with van der Waals surface area (Å²) in [4.78, 5) is 11.8. The van der Waals surface area contributed by atoms with E-state index in [1.807, 2.05) is 6.07 Å². The minimum Gasteiger partial charge on any atom is -0.391 e. The molecule has 0 bridgehead atoms. The molecule has 0 saturated heterocycles. The highest BCUT2D eigenvalue weighted by Crippen LogP contribution is 2.18. The van der Waals surface area contributed by atoms with Gasteiger partial charge >= 0.3 is 6.03 Å². The quantitative estimate of drug-likeness (QED) is 0.759. The number of benzene rings is 1. The first kappa shape index (κ1) is 13.4. The zero-order valence-corrected chi connectivity index (χ0v) is 10.6. The van der Waals surface area contributed by atoms with Gasteiger partial charge in [-0.15, -0.1) is 0 Å². The summed E-state index contributed by atoms with van der Waals surface area (Å²) >= 11 is 0. The van der Waals surface area contributed by atoms with Crippen LogP contribution < -0.4 is 10.6 Å². The van der Waals surface area contributed by atoms with Gasteiger partial charge in [0.25, 0.3) is 0 Å². The summed E-state index contributed by atoms with van der Waals surface area (Å²) in [7, 11) is 0. The number of amides is 2. The highest BCUT2D eigenvalue weighted by atomic mass is 16.3. The Labute approximate surface area is 112 Å². The van der Waals surface area contributed by atoms with Crippen molar-refractivity contribution in [3.63, 3.8) is 0 Å². The molecule has 100 valence electrons. The lowest BCUT2D eigenvalue weighted by atomic mass is 9.93. The Balaban J connectivity index is 1.91. The second kappa shape index (κ2) is 6.21. The molecule has 0 aromatic heterocycles. The van der Waals surface area contributed by atoms with Crippen LogP contribution in [0.5, 0.6) is 0 Å². The van der Waals surface area contributed by atoms with Crippen molar-refractivity contribution in [1.82, 2.24) is 5.32 Å². The number of hydrogen-bond donors (Lipinski definition) is 3. The summed E-state index contributed by atoms with van der Waals surface area (Å²) in [6.07, 6.45) is 3.09. The molecule has 5 nitrogen and oxygen atoms in total. The van der Waals surface area contributed by atoms with Crippen LogP contribution in [0.4, 0.5) is 10.5 Å². The molecular weight excluding hydrogens is 242 g/mol. The van der Waals surface area contributed by atoms with Crippen molar-refractivity contribution >= 4 is 11.7 Å². The molecule has 0 heterocycles. The lowest BCUT2D eigenvalue weighted by Crippen LogP contribution is -2.46. The van der Waals surface area contributed by atoms with Gasteiger partial charge in [0.05, 0.1) is 23.8 Å². The second-order valence-corrected chi connectivity index (χ2v) is 4.75. The van der Waals surface area contributed by atoms with Gasteiger partial charge in [-0.3, -0.25) is 0 Å². The summed E-state index contributed by atoms with van der Waals surface area (Å²) < 4.78 is 0. The van der Waals surface area contributed by atoms with E-state index in [0.29, 0.717) is 11.3 Å². The number of anilines is 1. The standard InChI is InChI=1S/C14H17N3O2/c15-9-10-4-3-5-11(8-10)16-14(19)17-12-6-1-2-7-13(12)18/h3-5,8,12-13,18H,1-2,6-7H2,(H2,16,17,19)/t12-,13+/m1/s1. The molecule has 3 N–H and O–H groups in total. The van der Waals surface area contributed by atoms with Crippen LogP contribution in [0.1, 0.15) is 31.2 Å². The molecule has 1 aromatic rings. The van der Waals surface area contributed by atoms with E-state index >= 15 is 0 Å². The van der Waals surface area contributed by atoms with Gasteiger partial charge in [-0.25, -0.2) is 4.79 Å². The Morgan fingerprint density at radius 2 is 2.16 bits per heavy atom. The number of carbonyl (C=O) groups is 1. The molecule has 5 heteroatoms. The van der Waals surface area contributed by atoms with Gasteiger partial charge in [0.2, 0.25) is 0 Å². The zero-order chi connectivity index (χ0) is 13.7. The third-order valence-corrected chi connectivity index (χ3v) is 3.30. The van der Waals surface area contributed by atoms with Crippen LogP contribution in [-0.4, -0.2) is 23.3 Å². The van der Waals surface area contributed by atoms with Gasteiger partial charge in [0.1, 0.15) is 0 Å². The molecule has 1 aliphatic carbocycles. The number of aliphatic hydroxyl groups excluding tert-OH is 1. The fourth-order valence-corrected chi connectivity index (χ4v) is 2.28. The first-order valence-corrected chi connectivity index (χ1v) is 6.45. The maximum absolute atomic E-state index is 11.8. The van der Waals surface area contributed by atoms with Crippen LogP contribution in [0.15, 0.2) is 24.3 Å². The van der Waals surface area contributed by atoms with Gasteiger partial charge in [0.15, 0.2) is 0 Å². The molecule has 0 unspecified atom stereocenters. The molecule has 0 radical (unpaired) electrons. The van der Waals surface area contributed by atoms with Crippen molar-refractivity contribution in [2.75, 3.05) is 5.32 Å². The normalized spacial score (nSPS) is 22.3. The number of hydrogen-bond acceptors (Lipinski definition) is 3. The van der Waals surface area contributed by atoms with E-state index < -0.39 is 6.10 Å². The summed E-state index contributed by atoms with van der Waals surface area (Å²) in [5, 5.41) is 24.0. The van der Waals surface area contributed by atoms with Crippen LogP contribution >= 0.6 is 0 Å². The summed E-state index contributed by atoms with van der Waals surface area (Å²) in [5.41, 5.74) is 1.07. The SMILES string of the molecule is N#Cc1cccc(NC(=O)N[C@@H]2CCCC[C@@H]2O)c1. The molecule has 19 heavy (non-hydrogen) atoms. The fourth-order valence-electron chi connectivity index (χ4n) is 2.28. The monoisotopic (exact) mass is 259 g/mol. The van der Waals surface area contributed by atoms with E-state index in [4.69, 9.17) is 5.26 Å². The van der Waals surface area contributed by atoms with Gasteiger partial charge in [-0.05, 0) is 31.0 Å². The van der Waals surface area contributed by atoms with E-state index in [9.17, 15) is 9.90 Å². The number of urea groups is 1. The number of aliphatic hydroxyl groups is 1. The van der Waals surface area contributed by atoms with E-state index in [2.05, 4.69) is 10.6 Å². The topological polar surface area (TPSA) is 85.2 Å². The third kappa shape index (κ3) is 3.70. The maximum Gasteiger partial charge on any atom is 0.319 e. The van der Waals surface area contributed by atoms with Crippen LogP contribution in [-0.2, 0) is 0 Å². The molecule has 2 rings (SSSR count). The van der Waals surface area contributed by atoms with Gasteiger partial charge < -0.3 is 15.7 Å². The predicted molar refractivity (Wildman–Crippen MR) is 71.6 cm³/mol. The Kier molecular flexibility index (Phi) is 4.37. The number of nitrogens with zero attached hydrogens (tertiary/aromatic N) is 1. The smallest absolute Gasteiger partial charge is 0.319 e. The van der Waals surface area contributed by atoms with Crippen LogP contribution in [0.3, 0.4) is 0 Å². The van der Waals surface area contributed by atoms with Crippen molar-refractivity contribution in [1.29, 1.82) is 5.26 Å². The number of rotatable bonds is 2. The Bertz CT molecular complexity index is 496. The molecule has 1 aliphatic rings. The first-order chi connectivity index (χ1) is 9.19. The van der Waals surface area contributed by atoms with E-state index in [0.717, 1.165) is 25.7 Å². The molecule has 0 spiro atoms. The van der Waals surface area contributed by atoms with Gasteiger partial charge in [-0.2, -0.15) is 5.26 Å². The predicted octanol–water partition coefficient (Wildman–Crippen LogP) is 1.98. The number of nitrogens with one attached hydrogen (secondary N) is 2. The van der Waals surface area contributed by atoms with Gasteiger partial charge in [0, 0.05) is 5.69 Å². The fraction of sp³-hybridized carbons (Fsp3) is 0.429. The zero-order valence-electron chi connectivity index (χ0n) is 10.6. The first-order valence-electron chi connectivity index (χ1n) is 6.45. The Morgan fingerprint density at radius 1 is 1.37 bits per heavy atom. The van der Waals surface area contributed by atoms with Crippen molar-refractivity contribution < 1.29 is 9.90 Å². The minimum atomic E-state index is -0.468. The molecule has 0 aliphatic heterocycles. The number of carbonyl (C=O) groups excluding carboxylic acids is 1. The summed E-state index contributed by atoms with van der Waals surface area (Å²) in [5.74, 6) is 0. The average molecular weight is 259 g/mol. The molecular formula is C14H17N3O2. The molecule has 1 aromatic carbocycles. The summed E-state index contributed by atoms with van der Waals surface area (Å²) in [6, 6.07) is 8.20. The second-order valence-electron chi connectivity index (χ2n) is 4.75. The van der Waals surface area contributed by atoms with Crippen molar-refractivity contribution in [2.45, 2.75) is 37.8 Å². The largest absolute Gasteiger partial charge is 0.391 e. The molecule has 1 saturated carbocycles. The van der Waals surface area contributed by atoms with Crippen LogP contribution in [0.25, 0.3) is 0 Å². The Morgan fingerprint density at radius 3 is 2.89 bits per heavy atom. The summed E-state index contributed by atoms with van der Waals surface area (Å²) in [6.45, 7) is 0. The van der Waals surface area contributed by atoms with Crippen LogP contribution in [0, 0.1) is 11.3 Å². The van der Waals surface area contributed by atoms with E-state index in [1.54, 1.807) is 24.3 Å². The highest BCUT2D eigenvalue weighted by Gasteiger charge is 2.24. The van der Waals surface area contributed by atoms with Crippen molar-refractivity contribution in [2.24, 2.45) is 0 Å². The molecule has 2 atom stereocenters. The van der Waals surface area contributed by atoms with Crippen LogP contribution in [0.2, 0.25) is 0 Å². The minimum absolute atomic E-state index is 0.187. The lowest BCUT2D eigenvalue weighted by molar-refractivity contribution is 0.0955. The molecule has 2 amide bonds. The van der Waals surface area contributed by atoms with E-state index in [1.165, 1.54) is 0 Å².